The third kappa shape index (κ3) is 1.91. The molecule has 0 aliphatic carbocycles. The first-order valence-electron chi connectivity index (χ1n) is 7.07. The van der Waals surface area contributed by atoms with Crippen LogP contribution in [0.3, 0.4) is 0 Å². The average Bonchev–Trinajstić information content (AvgIpc) is 2.37. The van der Waals surface area contributed by atoms with E-state index in [9.17, 15) is 0 Å². The third-order valence-corrected chi connectivity index (χ3v) is 9.30. The third-order valence-electron chi connectivity index (χ3n) is 5.03. The molecule has 0 bridgehead atoms. The topological polar surface area (TPSA) is 36.9 Å². The number of rotatable bonds is 1. The maximum atomic E-state index is 6.38. The summed E-state index contributed by atoms with van der Waals surface area (Å²) in [5, 5.41) is 0. The molecule has 2 heterocycles. The fraction of sp³-hybridized carbons (Fsp3) is 1.00. The van der Waals surface area contributed by atoms with Crippen LogP contribution in [0.5, 0.6) is 0 Å². The summed E-state index contributed by atoms with van der Waals surface area (Å²) in [5.74, 6) is 0. The first-order chi connectivity index (χ1) is 8.20. The molecule has 2 fully saturated rings. The van der Waals surface area contributed by atoms with Crippen LogP contribution in [0, 0.1) is 0 Å². The van der Waals surface area contributed by atoms with E-state index in [0.29, 0.717) is 6.16 Å². The zero-order valence-corrected chi connectivity index (χ0v) is 14.7. The summed E-state index contributed by atoms with van der Waals surface area (Å²) in [6, 6.07) is 0. The van der Waals surface area contributed by atoms with Crippen molar-refractivity contribution in [2.24, 2.45) is 0 Å². The van der Waals surface area contributed by atoms with E-state index >= 15 is 0 Å². The molecule has 1 spiro atoms. The van der Waals surface area contributed by atoms with Crippen LogP contribution < -0.4 is 0 Å². The van der Waals surface area contributed by atoms with E-state index in [4.69, 9.17) is 18.1 Å². The predicted octanol–water partition coefficient (Wildman–Crippen LogP) is 4.43. The van der Waals surface area contributed by atoms with Crippen LogP contribution in [0.2, 0.25) is 0 Å². The quantitative estimate of drug-likeness (QED) is 0.670. The Balaban J connectivity index is 2.54. The molecule has 114 valence electrons. The van der Waals surface area contributed by atoms with Gasteiger partial charge in [-0.1, -0.05) is 0 Å². The van der Waals surface area contributed by atoms with Crippen molar-refractivity contribution in [2.75, 3.05) is 6.16 Å². The van der Waals surface area contributed by atoms with Crippen LogP contribution in [0.4, 0.5) is 0 Å². The molecule has 0 amide bonds. The normalized spacial score (nSPS) is 37.8. The van der Waals surface area contributed by atoms with Crippen molar-refractivity contribution in [3.05, 3.63) is 0 Å². The van der Waals surface area contributed by atoms with Gasteiger partial charge >= 0.3 is 116 Å². The molecule has 2 aliphatic rings. The van der Waals surface area contributed by atoms with Crippen LogP contribution in [0.15, 0.2) is 0 Å². The number of hydrogen-bond acceptors (Lipinski definition) is 4. The molecule has 0 saturated carbocycles. The molecule has 4 nitrogen and oxygen atoms in total. The van der Waals surface area contributed by atoms with Gasteiger partial charge < -0.3 is 0 Å². The van der Waals surface area contributed by atoms with Gasteiger partial charge in [0.1, 0.15) is 0 Å². The van der Waals surface area contributed by atoms with Gasteiger partial charge in [-0.2, -0.15) is 0 Å². The van der Waals surface area contributed by atoms with E-state index in [0.717, 1.165) is 0 Å². The molecule has 0 atom stereocenters. The molecular formula is C14H29O4P. The Hall–Kier alpha value is 0.270. The van der Waals surface area contributed by atoms with Gasteiger partial charge in [0.05, 0.1) is 0 Å². The minimum atomic E-state index is -3.52. The minimum absolute atomic E-state index is 0.447. The van der Waals surface area contributed by atoms with Gasteiger partial charge in [0.15, 0.2) is 0 Å². The Kier molecular flexibility index (Phi) is 2.91. The number of hydrogen-bond donors (Lipinski definition) is 0. The van der Waals surface area contributed by atoms with E-state index in [1.165, 1.54) is 0 Å². The summed E-state index contributed by atoms with van der Waals surface area (Å²) in [4.78, 5) is 0. The van der Waals surface area contributed by atoms with Crippen molar-refractivity contribution in [3.8, 4) is 0 Å². The molecule has 0 aromatic heterocycles. The van der Waals surface area contributed by atoms with Crippen molar-refractivity contribution in [1.29, 1.82) is 0 Å². The van der Waals surface area contributed by atoms with Crippen LogP contribution in [-0.2, 0) is 18.1 Å². The van der Waals surface area contributed by atoms with E-state index in [1.54, 1.807) is 0 Å². The van der Waals surface area contributed by atoms with Crippen LogP contribution in [0.1, 0.15) is 62.3 Å². The molecular weight excluding hydrogens is 263 g/mol. The van der Waals surface area contributed by atoms with Gasteiger partial charge in [-0.3, -0.25) is 0 Å². The SMILES string of the molecule is CCP12(OC(C)(C)C(C)(C)O1)OC(C)(C)C(C)(C)O2. The Morgan fingerprint density at radius 1 is 0.579 bits per heavy atom. The van der Waals surface area contributed by atoms with E-state index < -0.39 is 29.9 Å². The molecule has 0 aromatic rings. The summed E-state index contributed by atoms with van der Waals surface area (Å²) in [7, 11) is -3.52. The second-order valence-electron chi connectivity index (χ2n) is 7.69. The Morgan fingerprint density at radius 3 is 0.947 bits per heavy atom. The van der Waals surface area contributed by atoms with Gasteiger partial charge in [0.2, 0.25) is 0 Å². The van der Waals surface area contributed by atoms with E-state index in [2.05, 4.69) is 0 Å². The summed E-state index contributed by atoms with van der Waals surface area (Å²) in [5.41, 5.74) is -1.79. The second kappa shape index (κ2) is 3.53. The molecule has 0 aromatic carbocycles. The first kappa shape index (κ1) is 15.7. The fourth-order valence-corrected chi connectivity index (χ4v) is 7.72. The molecule has 0 radical (unpaired) electrons. The molecule has 5 heteroatoms. The van der Waals surface area contributed by atoms with Crippen LogP contribution in [-0.4, -0.2) is 28.6 Å². The zero-order chi connectivity index (χ0) is 15.0. The molecule has 0 unspecified atom stereocenters. The Morgan fingerprint density at radius 2 is 0.789 bits per heavy atom. The molecule has 0 N–H and O–H groups in total. The van der Waals surface area contributed by atoms with Crippen molar-refractivity contribution < 1.29 is 18.1 Å². The standard InChI is InChI=1S/C14H29O4P/c1-10-19(15-11(2,3)12(4,5)16-19)17-13(6,7)14(8,9)18-19/h10H2,1-9H3. The van der Waals surface area contributed by atoms with Gasteiger partial charge in [-0.15, -0.1) is 0 Å². The van der Waals surface area contributed by atoms with E-state index in [1.807, 2.05) is 62.3 Å². The summed E-state index contributed by atoms with van der Waals surface area (Å²) < 4.78 is 25.5. The van der Waals surface area contributed by atoms with Crippen LogP contribution in [0.25, 0.3) is 0 Å². The van der Waals surface area contributed by atoms with Gasteiger partial charge in [0, 0.05) is 0 Å². The molecule has 19 heavy (non-hydrogen) atoms. The van der Waals surface area contributed by atoms with Crippen molar-refractivity contribution >= 4 is 7.51 Å². The van der Waals surface area contributed by atoms with Gasteiger partial charge in [-0.05, 0) is 0 Å². The summed E-state index contributed by atoms with van der Waals surface area (Å²) in [6.07, 6.45) is 0.602. The molecule has 2 aliphatic heterocycles. The average molecular weight is 292 g/mol. The fourth-order valence-electron chi connectivity index (χ4n) is 2.57. The second-order valence-corrected chi connectivity index (χ2v) is 11.0. The summed E-state index contributed by atoms with van der Waals surface area (Å²) in [6.45, 7) is 18.3. The molecule has 2 rings (SSSR count). The first-order valence-corrected chi connectivity index (χ1v) is 9.16. The zero-order valence-electron chi connectivity index (χ0n) is 13.8. The predicted molar refractivity (Wildman–Crippen MR) is 78.1 cm³/mol. The maximum absolute atomic E-state index is 6.38. The monoisotopic (exact) mass is 292 g/mol. The summed E-state index contributed by atoms with van der Waals surface area (Å²) >= 11 is 0. The van der Waals surface area contributed by atoms with Crippen molar-refractivity contribution in [2.45, 2.75) is 84.7 Å². The molecule has 2 saturated heterocycles. The van der Waals surface area contributed by atoms with E-state index in [-0.39, 0.29) is 0 Å². The van der Waals surface area contributed by atoms with Crippen molar-refractivity contribution in [3.63, 3.8) is 0 Å². The van der Waals surface area contributed by atoms with Crippen molar-refractivity contribution in [1.82, 2.24) is 0 Å². The van der Waals surface area contributed by atoms with Crippen LogP contribution >= 0.6 is 7.51 Å². The van der Waals surface area contributed by atoms with Gasteiger partial charge in [-0.25, -0.2) is 0 Å². The Labute approximate surface area is 117 Å². The van der Waals surface area contributed by atoms with Gasteiger partial charge in [0.25, 0.3) is 0 Å². The Bertz CT molecular complexity index is 336.